The van der Waals surface area contributed by atoms with Gasteiger partial charge in [0, 0.05) is 23.8 Å². The average molecular weight is 249 g/mol. The van der Waals surface area contributed by atoms with Gasteiger partial charge in [0.25, 0.3) is 0 Å². The molecule has 0 bridgehead atoms. The van der Waals surface area contributed by atoms with Gasteiger partial charge < -0.3 is 10.0 Å². The molecule has 18 heavy (non-hydrogen) atoms. The van der Waals surface area contributed by atoms with Crippen LogP contribution in [0.2, 0.25) is 0 Å². The van der Waals surface area contributed by atoms with Crippen LogP contribution in [0, 0.1) is 11.7 Å². The Morgan fingerprint density at radius 2 is 2.06 bits per heavy atom. The third-order valence-corrected chi connectivity index (χ3v) is 3.90. The fraction of sp³-hybridized carbons (Fsp3) is 0.600. The molecule has 1 aromatic rings. The van der Waals surface area contributed by atoms with Gasteiger partial charge in [-0.3, -0.25) is 0 Å². The molecule has 3 heteroatoms. The predicted octanol–water partition coefficient (Wildman–Crippen LogP) is 3.26. The van der Waals surface area contributed by atoms with Crippen molar-refractivity contribution in [3.05, 3.63) is 29.6 Å². The molecule has 0 aliphatic heterocycles. The van der Waals surface area contributed by atoms with E-state index < -0.39 is 6.10 Å². The third kappa shape index (κ3) is 2.37. The third-order valence-electron chi connectivity index (χ3n) is 3.90. The summed E-state index contributed by atoms with van der Waals surface area (Å²) in [5.74, 6) is 0.486. The molecule has 2 fully saturated rings. The first-order valence-corrected chi connectivity index (χ1v) is 6.90. The standard InChI is InChI=1S/C15H20FNO/c1-10(18)15-13(16)3-2-4-14(15)17(12-7-8-12)9-11-5-6-11/h2-4,10-12,18H,5-9H2,1H3. The molecular formula is C15H20FNO. The molecule has 2 aliphatic rings. The number of hydrogen-bond donors (Lipinski definition) is 1. The zero-order chi connectivity index (χ0) is 12.7. The molecule has 2 nitrogen and oxygen atoms in total. The molecule has 2 saturated carbocycles. The number of benzene rings is 1. The quantitative estimate of drug-likeness (QED) is 0.865. The first-order chi connectivity index (χ1) is 8.66. The lowest BCUT2D eigenvalue weighted by Crippen LogP contribution is -2.29. The van der Waals surface area contributed by atoms with Crippen molar-refractivity contribution in [3.63, 3.8) is 0 Å². The number of aliphatic hydroxyl groups excluding tert-OH is 1. The second-order valence-electron chi connectivity index (χ2n) is 5.68. The lowest BCUT2D eigenvalue weighted by molar-refractivity contribution is 0.194. The summed E-state index contributed by atoms with van der Waals surface area (Å²) in [5, 5.41) is 9.82. The Morgan fingerprint density at radius 3 is 2.61 bits per heavy atom. The topological polar surface area (TPSA) is 23.5 Å². The van der Waals surface area contributed by atoms with Gasteiger partial charge in [0.1, 0.15) is 5.82 Å². The Morgan fingerprint density at radius 1 is 1.33 bits per heavy atom. The summed E-state index contributed by atoms with van der Waals surface area (Å²) < 4.78 is 13.9. The largest absolute Gasteiger partial charge is 0.389 e. The van der Waals surface area contributed by atoms with Gasteiger partial charge >= 0.3 is 0 Å². The summed E-state index contributed by atoms with van der Waals surface area (Å²) in [6.45, 7) is 2.66. The van der Waals surface area contributed by atoms with Gasteiger partial charge in [0.05, 0.1) is 6.10 Å². The average Bonchev–Trinajstić information content (AvgIpc) is 3.17. The van der Waals surface area contributed by atoms with Crippen LogP contribution in [0.5, 0.6) is 0 Å². The van der Waals surface area contributed by atoms with Gasteiger partial charge in [-0.15, -0.1) is 0 Å². The Bertz CT molecular complexity index is 438. The molecule has 1 unspecified atom stereocenters. The van der Waals surface area contributed by atoms with Crippen molar-refractivity contribution in [1.82, 2.24) is 0 Å². The second-order valence-corrected chi connectivity index (χ2v) is 5.68. The molecular weight excluding hydrogens is 229 g/mol. The summed E-state index contributed by atoms with van der Waals surface area (Å²) in [6.07, 6.45) is 4.23. The number of halogens is 1. The minimum atomic E-state index is -0.748. The van der Waals surface area contributed by atoms with Crippen LogP contribution < -0.4 is 4.90 Å². The van der Waals surface area contributed by atoms with E-state index in [1.54, 1.807) is 13.0 Å². The van der Waals surface area contributed by atoms with E-state index in [4.69, 9.17) is 0 Å². The zero-order valence-corrected chi connectivity index (χ0v) is 10.8. The Balaban J connectivity index is 1.94. The van der Waals surface area contributed by atoms with Gasteiger partial charge in [0.2, 0.25) is 0 Å². The summed E-state index contributed by atoms with van der Waals surface area (Å²) >= 11 is 0. The maximum absolute atomic E-state index is 13.9. The fourth-order valence-electron chi connectivity index (χ4n) is 2.60. The summed E-state index contributed by atoms with van der Waals surface area (Å²) in [7, 11) is 0. The van der Waals surface area contributed by atoms with Crippen LogP contribution in [-0.2, 0) is 0 Å². The van der Waals surface area contributed by atoms with Gasteiger partial charge in [-0.1, -0.05) is 6.07 Å². The Labute approximate surface area is 107 Å². The molecule has 0 aromatic heterocycles. The monoisotopic (exact) mass is 249 g/mol. The maximum atomic E-state index is 13.9. The Hall–Kier alpha value is -1.09. The van der Waals surface area contributed by atoms with Crippen molar-refractivity contribution in [3.8, 4) is 0 Å². The van der Waals surface area contributed by atoms with Crippen LogP contribution in [-0.4, -0.2) is 17.7 Å². The normalized spacial score (nSPS) is 20.8. The SMILES string of the molecule is CC(O)c1c(F)cccc1N(CC1CC1)C1CC1. The van der Waals surface area contributed by atoms with Crippen LogP contribution in [0.15, 0.2) is 18.2 Å². The molecule has 3 rings (SSSR count). The van der Waals surface area contributed by atoms with Crippen LogP contribution in [0.1, 0.15) is 44.3 Å². The molecule has 98 valence electrons. The lowest BCUT2D eigenvalue weighted by atomic mass is 10.1. The van der Waals surface area contributed by atoms with Crippen LogP contribution >= 0.6 is 0 Å². The van der Waals surface area contributed by atoms with E-state index in [2.05, 4.69) is 4.90 Å². The van der Waals surface area contributed by atoms with Gasteiger partial charge in [0.15, 0.2) is 0 Å². The van der Waals surface area contributed by atoms with Crippen molar-refractivity contribution < 1.29 is 9.50 Å². The number of hydrogen-bond acceptors (Lipinski definition) is 2. The van der Waals surface area contributed by atoms with Crippen LogP contribution in [0.3, 0.4) is 0 Å². The summed E-state index contributed by atoms with van der Waals surface area (Å²) in [6, 6.07) is 5.70. The predicted molar refractivity (Wildman–Crippen MR) is 70.1 cm³/mol. The zero-order valence-electron chi connectivity index (χ0n) is 10.8. The van der Waals surface area contributed by atoms with Gasteiger partial charge in [-0.2, -0.15) is 0 Å². The van der Waals surface area contributed by atoms with Crippen LogP contribution in [0.25, 0.3) is 0 Å². The number of rotatable bonds is 5. The van der Waals surface area contributed by atoms with Crippen molar-refractivity contribution in [1.29, 1.82) is 0 Å². The highest BCUT2D eigenvalue weighted by Gasteiger charge is 2.35. The van der Waals surface area contributed by atoms with Crippen molar-refractivity contribution in [2.45, 2.75) is 44.8 Å². The minimum Gasteiger partial charge on any atom is -0.389 e. The molecule has 1 N–H and O–H groups in total. The molecule has 1 aromatic carbocycles. The highest BCUT2D eigenvalue weighted by Crippen LogP contribution is 2.40. The Kier molecular flexibility index (Phi) is 3.02. The van der Waals surface area contributed by atoms with Crippen LogP contribution in [0.4, 0.5) is 10.1 Å². The van der Waals surface area contributed by atoms with E-state index in [-0.39, 0.29) is 5.82 Å². The van der Waals surface area contributed by atoms with E-state index in [0.717, 1.165) is 18.2 Å². The molecule has 2 aliphatic carbocycles. The van der Waals surface area contributed by atoms with E-state index in [0.29, 0.717) is 11.6 Å². The van der Waals surface area contributed by atoms with E-state index in [9.17, 15) is 9.50 Å². The molecule has 0 heterocycles. The molecule has 0 spiro atoms. The second kappa shape index (κ2) is 4.54. The van der Waals surface area contributed by atoms with E-state index >= 15 is 0 Å². The van der Waals surface area contributed by atoms with E-state index in [1.807, 2.05) is 6.07 Å². The number of nitrogens with zero attached hydrogens (tertiary/aromatic N) is 1. The number of aliphatic hydroxyl groups is 1. The van der Waals surface area contributed by atoms with E-state index in [1.165, 1.54) is 31.7 Å². The number of anilines is 1. The highest BCUT2D eigenvalue weighted by molar-refractivity contribution is 5.57. The first-order valence-electron chi connectivity index (χ1n) is 6.90. The van der Waals surface area contributed by atoms with Crippen molar-refractivity contribution in [2.75, 3.05) is 11.4 Å². The summed E-state index contributed by atoms with van der Waals surface area (Å²) in [4.78, 5) is 2.32. The summed E-state index contributed by atoms with van der Waals surface area (Å²) in [5.41, 5.74) is 1.37. The molecule has 0 saturated heterocycles. The van der Waals surface area contributed by atoms with Crippen molar-refractivity contribution in [2.24, 2.45) is 5.92 Å². The minimum absolute atomic E-state index is 0.288. The molecule has 0 radical (unpaired) electrons. The maximum Gasteiger partial charge on any atom is 0.131 e. The van der Waals surface area contributed by atoms with Gasteiger partial charge in [-0.25, -0.2) is 4.39 Å². The smallest absolute Gasteiger partial charge is 0.131 e. The highest BCUT2D eigenvalue weighted by atomic mass is 19.1. The van der Waals surface area contributed by atoms with Gasteiger partial charge in [-0.05, 0) is 50.7 Å². The molecule has 0 amide bonds. The fourth-order valence-corrected chi connectivity index (χ4v) is 2.60. The lowest BCUT2D eigenvalue weighted by Gasteiger charge is -2.28. The van der Waals surface area contributed by atoms with Crippen molar-refractivity contribution >= 4 is 5.69 Å². The first kappa shape index (κ1) is 12.0. The molecule has 1 atom stereocenters.